The van der Waals surface area contributed by atoms with Crippen molar-refractivity contribution in [1.82, 2.24) is 15.5 Å². The SMILES string of the molecule is CN=C(NCCc1cc(F)ccc1F)NCC(CC(C)C)N1CCOCC1.I. The molecule has 160 valence electrons. The standard InChI is InChI=1S/C20H32F2N4O.HI/c1-15(2)12-18(26-8-10-27-11-9-26)14-25-20(23-3)24-7-6-16-13-17(21)4-5-19(16)22;/h4-5,13,15,18H,6-12,14H2,1-3H3,(H2,23,24,25);1H. The van der Waals surface area contributed by atoms with Crippen LogP contribution >= 0.6 is 24.0 Å². The topological polar surface area (TPSA) is 48.9 Å². The van der Waals surface area contributed by atoms with Crippen LogP contribution in [0.1, 0.15) is 25.8 Å². The zero-order valence-corrected chi connectivity index (χ0v) is 19.3. The van der Waals surface area contributed by atoms with Gasteiger partial charge in [-0.15, -0.1) is 24.0 Å². The minimum Gasteiger partial charge on any atom is -0.379 e. The first-order valence-electron chi connectivity index (χ1n) is 9.69. The van der Waals surface area contributed by atoms with E-state index in [1.807, 2.05) is 0 Å². The van der Waals surface area contributed by atoms with Crippen molar-refractivity contribution in [3.8, 4) is 0 Å². The molecule has 1 fully saturated rings. The maximum atomic E-state index is 13.7. The highest BCUT2D eigenvalue weighted by Crippen LogP contribution is 2.13. The summed E-state index contributed by atoms with van der Waals surface area (Å²) in [6.45, 7) is 9.18. The number of halogens is 3. The second kappa shape index (κ2) is 13.3. The fourth-order valence-electron chi connectivity index (χ4n) is 3.33. The van der Waals surface area contributed by atoms with Crippen molar-refractivity contribution in [1.29, 1.82) is 0 Å². The van der Waals surface area contributed by atoms with Crippen LogP contribution < -0.4 is 10.6 Å². The summed E-state index contributed by atoms with van der Waals surface area (Å²) >= 11 is 0. The number of nitrogens with zero attached hydrogens (tertiary/aromatic N) is 2. The van der Waals surface area contributed by atoms with E-state index in [4.69, 9.17) is 4.74 Å². The average Bonchev–Trinajstić information content (AvgIpc) is 2.66. The van der Waals surface area contributed by atoms with Crippen molar-refractivity contribution in [3.05, 3.63) is 35.4 Å². The van der Waals surface area contributed by atoms with Gasteiger partial charge in [-0.3, -0.25) is 9.89 Å². The third-order valence-electron chi connectivity index (χ3n) is 4.73. The molecule has 0 saturated carbocycles. The van der Waals surface area contributed by atoms with Gasteiger partial charge in [0.1, 0.15) is 11.6 Å². The molecule has 0 radical (unpaired) electrons. The van der Waals surface area contributed by atoms with Crippen molar-refractivity contribution in [2.24, 2.45) is 10.9 Å². The van der Waals surface area contributed by atoms with Crippen LogP contribution in [0, 0.1) is 17.6 Å². The van der Waals surface area contributed by atoms with E-state index in [9.17, 15) is 8.78 Å². The Bertz CT molecular complexity index is 610. The third kappa shape index (κ3) is 8.57. The van der Waals surface area contributed by atoms with Crippen LogP contribution in [-0.2, 0) is 11.2 Å². The monoisotopic (exact) mass is 510 g/mol. The normalized spacial score (nSPS) is 16.6. The molecule has 8 heteroatoms. The molecule has 5 nitrogen and oxygen atoms in total. The molecular weight excluding hydrogens is 477 g/mol. The van der Waals surface area contributed by atoms with Crippen LogP contribution in [0.25, 0.3) is 0 Å². The zero-order chi connectivity index (χ0) is 19.6. The van der Waals surface area contributed by atoms with Crippen LogP contribution in [0.4, 0.5) is 8.78 Å². The average molecular weight is 510 g/mol. The molecule has 1 atom stereocenters. The van der Waals surface area contributed by atoms with E-state index in [-0.39, 0.29) is 29.8 Å². The Balaban J connectivity index is 0.00000392. The quantitative estimate of drug-likeness (QED) is 0.321. The van der Waals surface area contributed by atoms with Crippen LogP contribution in [0.3, 0.4) is 0 Å². The van der Waals surface area contributed by atoms with E-state index >= 15 is 0 Å². The summed E-state index contributed by atoms with van der Waals surface area (Å²) < 4.78 is 32.4. The summed E-state index contributed by atoms with van der Waals surface area (Å²) in [7, 11) is 1.71. The van der Waals surface area contributed by atoms with Gasteiger partial charge in [0.15, 0.2) is 5.96 Å². The number of hydrogen-bond donors (Lipinski definition) is 2. The lowest BCUT2D eigenvalue weighted by Crippen LogP contribution is -2.51. The lowest BCUT2D eigenvalue weighted by atomic mass is 10.0. The summed E-state index contributed by atoms with van der Waals surface area (Å²) in [4.78, 5) is 6.70. The first-order chi connectivity index (χ1) is 13.0. The van der Waals surface area contributed by atoms with E-state index in [2.05, 4.69) is 34.4 Å². The molecule has 1 aromatic carbocycles. The van der Waals surface area contributed by atoms with E-state index in [1.54, 1.807) is 7.05 Å². The summed E-state index contributed by atoms with van der Waals surface area (Å²) in [6, 6.07) is 3.95. The smallest absolute Gasteiger partial charge is 0.191 e. The van der Waals surface area contributed by atoms with Crippen LogP contribution in [0.2, 0.25) is 0 Å². The van der Waals surface area contributed by atoms with Gasteiger partial charge < -0.3 is 15.4 Å². The van der Waals surface area contributed by atoms with Crippen LogP contribution in [0.15, 0.2) is 23.2 Å². The molecule has 1 unspecified atom stereocenters. The number of benzene rings is 1. The lowest BCUT2D eigenvalue weighted by molar-refractivity contribution is 0.0132. The van der Waals surface area contributed by atoms with Gasteiger partial charge in [-0.05, 0) is 42.5 Å². The molecule has 1 saturated heterocycles. The van der Waals surface area contributed by atoms with E-state index < -0.39 is 5.82 Å². The molecule has 1 aromatic rings. The van der Waals surface area contributed by atoms with E-state index in [0.29, 0.717) is 36.4 Å². The number of ether oxygens (including phenoxy) is 1. The molecule has 0 aromatic heterocycles. The molecule has 1 aliphatic heterocycles. The molecular formula is C20H33F2IN4O. The fraction of sp³-hybridized carbons (Fsp3) is 0.650. The molecule has 1 heterocycles. The Morgan fingerprint density at radius 3 is 2.57 bits per heavy atom. The van der Waals surface area contributed by atoms with Crippen molar-refractivity contribution in [2.75, 3.05) is 46.4 Å². The largest absolute Gasteiger partial charge is 0.379 e. The van der Waals surface area contributed by atoms with Gasteiger partial charge in [-0.1, -0.05) is 13.8 Å². The molecule has 0 bridgehead atoms. The van der Waals surface area contributed by atoms with E-state index in [0.717, 1.165) is 51.4 Å². The van der Waals surface area contributed by atoms with Crippen molar-refractivity contribution < 1.29 is 13.5 Å². The summed E-state index contributed by atoms with van der Waals surface area (Å²) in [5.74, 6) is 0.473. The summed E-state index contributed by atoms with van der Waals surface area (Å²) in [5, 5.41) is 6.56. The molecule has 2 rings (SSSR count). The molecule has 2 N–H and O–H groups in total. The minimum atomic E-state index is -0.420. The first-order valence-corrected chi connectivity index (χ1v) is 9.69. The molecule has 0 spiro atoms. The zero-order valence-electron chi connectivity index (χ0n) is 17.0. The van der Waals surface area contributed by atoms with Crippen LogP contribution in [-0.4, -0.2) is 63.3 Å². The number of aliphatic imine (C=N–C) groups is 1. The number of morpholine rings is 1. The number of rotatable bonds is 8. The highest BCUT2D eigenvalue weighted by atomic mass is 127. The Morgan fingerprint density at radius 1 is 1.21 bits per heavy atom. The third-order valence-corrected chi connectivity index (χ3v) is 4.73. The first kappa shape index (κ1) is 25.0. The maximum absolute atomic E-state index is 13.7. The Labute approximate surface area is 184 Å². The summed E-state index contributed by atoms with van der Waals surface area (Å²) in [5.41, 5.74) is 0.365. The van der Waals surface area contributed by atoms with Gasteiger partial charge in [0.05, 0.1) is 13.2 Å². The van der Waals surface area contributed by atoms with E-state index in [1.165, 1.54) is 6.07 Å². The van der Waals surface area contributed by atoms with Gasteiger partial charge in [0.2, 0.25) is 0 Å². The predicted octanol–water partition coefficient (Wildman–Crippen LogP) is 3.04. The highest BCUT2D eigenvalue weighted by molar-refractivity contribution is 14.0. The van der Waals surface area contributed by atoms with Gasteiger partial charge >= 0.3 is 0 Å². The lowest BCUT2D eigenvalue weighted by Gasteiger charge is -2.35. The van der Waals surface area contributed by atoms with Crippen molar-refractivity contribution >= 4 is 29.9 Å². The molecule has 1 aliphatic rings. The van der Waals surface area contributed by atoms with Gasteiger partial charge in [-0.25, -0.2) is 8.78 Å². The van der Waals surface area contributed by atoms with Crippen LogP contribution in [0.5, 0.6) is 0 Å². The van der Waals surface area contributed by atoms with Gasteiger partial charge in [0.25, 0.3) is 0 Å². The predicted molar refractivity (Wildman–Crippen MR) is 120 cm³/mol. The number of hydrogen-bond acceptors (Lipinski definition) is 3. The Hall–Kier alpha value is -1.00. The Morgan fingerprint density at radius 2 is 1.93 bits per heavy atom. The molecule has 28 heavy (non-hydrogen) atoms. The fourth-order valence-corrected chi connectivity index (χ4v) is 3.33. The second-order valence-corrected chi connectivity index (χ2v) is 7.30. The Kier molecular flexibility index (Phi) is 11.9. The minimum absolute atomic E-state index is 0. The molecule has 0 amide bonds. The van der Waals surface area contributed by atoms with Gasteiger partial charge in [-0.2, -0.15) is 0 Å². The molecule has 0 aliphatic carbocycles. The number of nitrogens with one attached hydrogen (secondary N) is 2. The second-order valence-electron chi connectivity index (χ2n) is 7.30. The van der Waals surface area contributed by atoms with Crippen molar-refractivity contribution in [3.63, 3.8) is 0 Å². The summed E-state index contributed by atoms with van der Waals surface area (Å²) in [6.07, 6.45) is 1.49. The van der Waals surface area contributed by atoms with Crippen molar-refractivity contribution in [2.45, 2.75) is 32.7 Å². The maximum Gasteiger partial charge on any atom is 0.191 e. The number of guanidine groups is 1. The van der Waals surface area contributed by atoms with Gasteiger partial charge in [0, 0.05) is 39.3 Å². The highest BCUT2D eigenvalue weighted by Gasteiger charge is 2.22.